The van der Waals surface area contributed by atoms with Crippen molar-refractivity contribution >= 4 is 50.7 Å². The van der Waals surface area contributed by atoms with E-state index in [1.165, 1.54) is 4.90 Å². The molecule has 3 aromatic rings. The zero-order chi connectivity index (χ0) is 31.0. The van der Waals surface area contributed by atoms with Gasteiger partial charge in [-0.15, -0.1) is 0 Å². The molecule has 0 aromatic heterocycles. The molecule has 1 unspecified atom stereocenters. The van der Waals surface area contributed by atoms with E-state index in [1.807, 2.05) is 30.3 Å². The number of anilines is 1. The fourth-order valence-electron chi connectivity index (χ4n) is 5.05. The van der Waals surface area contributed by atoms with Gasteiger partial charge in [0.15, 0.2) is 0 Å². The number of carbonyl (C=O) groups excluding carboxylic acids is 2. The Morgan fingerprint density at radius 2 is 1.65 bits per heavy atom. The molecule has 2 amide bonds. The van der Waals surface area contributed by atoms with Gasteiger partial charge in [-0.3, -0.25) is 13.9 Å². The van der Waals surface area contributed by atoms with Gasteiger partial charge in [0.05, 0.1) is 11.9 Å². The Bertz CT molecular complexity index is 1500. The third-order valence-corrected chi connectivity index (χ3v) is 9.25. The van der Waals surface area contributed by atoms with Crippen molar-refractivity contribution in [1.82, 2.24) is 10.2 Å². The minimum atomic E-state index is -3.87. The molecule has 0 spiro atoms. The lowest BCUT2D eigenvalue weighted by Gasteiger charge is -2.33. The summed E-state index contributed by atoms with van der Waals surface area (Å²) < 4.78 is 32.7. The lowest BCUT2D eigenvalue weighted by Crippen LogP contribution is -2.53. The van der Waals surface area contributed by atoms with E-state index in [2.05, 4.69) is 5.32 Å². The van der Waals surface area contributed by atoms with Crippen LogP contribution in [0.2, 0.25) is 10.0 Å². The number of hydrogen-bond donors (Lipinski definition) is 1. The molecule has 0 radical (unpaired) electrons. The monoisotopic (exact) mass is 645 g/mol. The summed E-state index contributed by atoms with van der Waals surface area (Å²) in [6.07, 6.45) is 6.05. The molecule has 4 rings (SSSR count). The van der Waals surface area contributed by atoms with Crippen molar-refractivity contribution in [2.75, 3.05) is 17.1 Å². The fraction of sp³-hybridized carbons (Fsp3) is 0.375. The molecule has 1 N–H and O–H groups in total. The van der Waals surface area contributed by atoms with E-state index in [1.54, 1.807) is 49.4 Å². The number of hydrogen-bond acceptors (Lipinski definition) is 5. The summed E-state index contributed by atoms with van der Waals surface area (Å²) in [7, 11) is -3.87. The summed E-state index contributed by atoms with van der Waals surface area (Å²) in [6, 6.07) is 20.3. The van der Waals surface area contributed by atoms with Crippen LogP contribution in [0.4, 0.5) is 5.69 Å². The maximum Gasteiger partial charge on any atom is 0.244 e. The molecule has 1 atom stereocenters. The molecule has 0 saturated heterocycles. The number of benzene rings is 3. The SMILES string of the molecule is CC(C(=O)NC1CCCCC1)N(Cc1ccc(Cl)cc1Cl)C(=O)CN(c1ccc(OCc2ccccc2)cc1)S(C)(=O)=O. The quantitative estimate of drug-likeness (QED) is 0.253. The van der Waals surface area contributed by atoms with E-state index in [-0.39, 0.29) is 18.5 Å². The lowest BCUT2D eigenvalue weighted by molar-refractivity contribution is -0.139. The Kier molecular flexibility index (Phi) is 11.3. The van der Waals surface area contributed by atoms with Crippen molar-refractivity contribution in [2.45, 2.75) is 64.3 Å². The van der Waals surface area contributed by atoms with E-state index < -0.39 is 28.5 Å². The average Bonchev–Trinajstić information content (AvgIpc) is 2.99. The molecule has 230 valence electrons. The number of carbonyl (C=O) groups is 2. The van der Waals surface area contributed by atoms with E-state index in [0.717, 1.165) is 48.2 Å². The summed E-state index contributed by atoms with van der Waals surface area (Å²) in [5, 5.41) is 3.86. The number of amides is 2. The maximum atomic E-state index is 13.9. The highest BCUT2D eigenvalue weighted by Gasteiger charge is 2.31. The minimum Gasteiger partial charge on any atom is -0.489 e. The van der Waals surface area contributed by atoms with Crippen molar-refractivity contribution in [1.29, 1.82) is 0 Å². The fourth-order valence-corrected chi connectivity index (χ4v) is 6.37. The van der Waals surface area contributed by atoms with Gasteiger partial charge >= 0.3 is 0 Å². The van der Waals surface area contributed by atoms with Crippen LogP contribution in [0.25, 0.3) is 0 Å². The number of nitrogens with zero attached hydrogens (tertiary/aromatic N) is 2. The molecule has 0 aliphatic heterocycles. The van der Waals surface area contributed by atoms with Crippen molar-refractivity contribution in [2.24, 2.45) is 0 Å². The highest BCUT2D eigenvalue weighted by molar-refractivity contribution is 7.92. The highest BCUT2D eigenvalue weighted by Crippen LogP contribution is 2.26. The second-order valence-corrected chi connectivity index (χ2v) is 13.6. The van der Waals surface area contributed by atoms with Crippen LogP contribution in [0.15, 0.2) is 72.8 Å². The Hall–Kier alpha value is -3.27. The number of nitrogens with one attached hydrogen (secondary N) is 1. The molecule has 1 fully saturated rings. The Morgan fingerprint density at radius 3 is 2.28 bits per heavy atom. The van der Waals surface area contributed by atoms with Crippen molar-refractivity contribution in [3.8, 4) is 5.75 Å². The lowest BCUT2D eigenvalue weighted by atomic mass is 9.95. The Balaban J connectivity index is 1.54. The average molecular weight is 647 g/mol. The molecule has 8 nitrogen and oxygen atoms in total. The molecule has 0 bridgehead atoms. The minimum absolute atomic E-state index is 0.00203. The smallest absolute Gasteiger partial charge is 0.244 e. The zero-order valence-corrected chi connectivity index (χ0v) is 26.7. The first-order valence-corrected chi connectivity index (χ1v) is 16.9. The van der Waals surface area contributed by atoms with Crippen LogP contribution in [0.5, 0.6) is 5.75 Å². The summed E-state index contributed by atoms with van der Waals surface area (Å²) >= 11 is 12.5. The first kappa shape index (κ1) is 32.6. The third kappa shape index (κ3) is 9.36. The van der Waals surface area contributed by atoms with Crippen molar-refractivity contribution in [3.05, 3.63) is 94.0 Å². The number of rotatable bonds is 12. The van der Waals surface area contributed by atoms with Crippen LogP contribution >= 0.6 is 23.2 Å². The number of halogens is 2. The Morgan fingerprint density at radius 1 is 0.977 bits per heavy atom. The summed E-state index contributed by atoms with van der Waals surface area (Å²) in [5.74, 6) is -0.289. The summed E-state index contributed by atoms with van der Waals surface area (Å²) in [4.78, 5) is 28.6. The molecule has 1 aliphatic rings. The van der Waals surface area contributed by atoms with Crippen molar-refractivity contribution < 1.29 is 22.7 Å². The maximum absolute atomic E-state index is 13.9. The molecular formula is C32H37Cl2N3O5S. The predicted octanol–water partition coefficient (Wildman–Crippen LogP) is 6.20. The topological polar surface area (TPSA) is 96.0 Å². The first-order valence-electron chi connectivity index (χ1n) is 14.3. The number of sulfonamides is 1. The molecule has 1 aliphatic carbocycles. The molecular weight excluding hydrogens is 609 g/mol. The van der Waals surface area contributed by atoms with Gasteiger partial charge in [0.1, 0.15) is 24.9 Å². The standard InChI is InChI=1S/C32H37Cl2N3O5S/c1-23(32(39)35-27-11-7-4-8-12-27)36(20-25-13-14-26(33)19-30(25)34)31(38)21-37(43(2,40)41)28-15-17-29(18-16-28)42-22-24-9-5-3-6-10-24/h3,5-6,9-10,13-19,23,27H,4,7-8,11-12,20-22H2,1-2H3,(H,35,39). The van der Waals surface area contributed by atoms with Gasteiger partial charge in [-0.25, -0.2) is 8.42 Å². The van der Waals surface area contributed by atoms with Crippen LogP contribution in [0.1, 0.15) is 50.2 Å². The largest absolute Gasteiger partial charge is 0.489 e. The van der Waals surface area contributed by atoms with Crippen LogP contribution in [0.3, 0.4) is 0 Å². The predicted molar refractivity (Wildman–Crippen MR) is 171 cm³/mol. The second kappa shape index (κ2) is 14.9. The molecule has 0 heterocycles. The van der Waals surface area contributed by atoms with Gasteiger partial charge in [0, 0.05) is 22.6 Å². The summed E-state index contributed by atoms with van der Waals surface area (Å²) in [5.41, 5.74) is 1.88. The molecule has 43 heavy (non-hydrogen) atoms. The van der Waals surface area contributed by atoms with Gasteiger partial charge in [-0.2, -0.15) is 0 Å². The van der Waals surface area contributed by atoms with E-state index >= 15 is 0 Å². The van der Waals surface area contributed by atoms with Gasteiger partial charge in [0.25, 0.3) is 0 Å². The summed E-state index contributed by atoms with van der Waals surface area (Å²) in [6.45, 7) is 1.49. The first-order chi connectivity index (χ1) is 20.5. The highest BCUT2D eigenvalue weighted by atomic mass is 35.5. The Labute approximate surface area is 264 Å². The number of ether oxygens (including phenoxy) is 1. The van der Waals surface area contributed by atoms with E-state index in [9.17, 15) is 18.0 Å². The van der Waals surface area contributed by atoms with Gasteiger partial charge in [0.2, 0.25) is 21.8 Å². The molecule has 3 aromatic carbocycles. The van der Waals surface area contributed by atoms with Gasteiger partial charge in [-0.1, -0.05) is 78.9 Å². The third-order valence-electron chi connectivity index (χ3n) is 7.53. The van der Waals surface area contributed by atoms with Crippen LogP contribution in [-0.4, -0.2) is 50.0 Å². The van der Waals surface area contributed by atoms with E-state index in [4.69, 9.17) is 27.9 Å². The molecule has 1 saturated carbocycles. The zero-order valence-electron chi connectivity index (χ0n) is 24.3. The van der Waals surface area contributed by atoms with Crippen molar-refractivity contribution in [3.63, 3.8) is 0 Å². The van der Waals surface area contributed by atoms with Crippen LogP contribution in [0, 0.1) is 0 Å². The molecule has 11 heteroatoms. The van der Waals surface area contributed by atoms with Gasteiger partial charge < -0.3 is 15.0 Å². The van der Waals surface area contributed by atoms with Gasteiger partial charge in [-0.05, 0) is 67.3 Å². The van der Waals surface area contributed by atoms with E-state index in [0.29, 0.717) is 33.7 Å². The van der Waals surface area contributed by atoms with Crippen LogP contribution < -0.4 is 14.4 Å². The second-order valence-electron chi connectivity index (χ2n) is 10.8. The normalized spacial score (nSPS) is 14.5. The van der Waals surface area contributed by atoms with Crippen LogP contribution in [-0.2, 0) is 32.8 Å².